The monoisotopic (exact) mass is 280 g/mol. The van der Waals surface area contributed by atoms with Gasteiger partial charge in [0.2, 0.25) is 5.78 Å². The van der Waals surface area contributed by atoms with Crippen LogP contribution in [-0.2, 0) is 9.53 Å². The largest absolute Gasteiger partial charge is 0.460 e. The molecule has 1 N–H and O–H groups in total. The summed E-state index contributed by atoms with van der Waals surface area (Å²) < 4.78 is 4.85. The molecule has 5 heteroatoms. The Bertz CT molecular complexity index is 602. The van der Waals surface area contributed by atoms with Crippen LogP contribution in [0.25, 0.3) is 5.57 Å². The van der Waals surface area contributed by atoms with Gasteiger partial charge in [-0.25, -0.2) is 4.79 Å². The number of rotatable bonds is 3. The number of aryl methyl sites for hydroxylation is 2. The molecule has 0 radical (unpaired) electrons. The Labute approximate surface area is 115 Å². The fourth-order valence-corrected chi connectivity index (χ4v) is 2.49. The maximum absolute atomic E-state index is 12.1. The number of benzene rings is 1. The molecular formula is C14H13ClO4. The summed E-state index contributed by atoms with van der Waals surface area (Å²) in [6.07, 6.45) is 0. The highest BCUT2D eigenvalue weighted by Crippen LogP contribution is 2.38. The number of fused-ring (bicyclic) bond motifs is 1. The molecule has 0 bridgehead atoms. The summed E-state index contributed by atoms with van der Waals surface area (Å²) in [4.78, 5) is 24.0. The van der Waals surface area contributed by atoms with E-state index in [4.69, 9.17) is 21.4 Å². The lowest BCUT2D eigenvalue weighted by Crippen LogP contribution is -2.10. The van der Waals surface area contributed by atoms with Crippen LogP contribution in [0.1, 0.15) is 27.0 Å². The van der Waals surface area contributed by atoms with Gasteiger partial charge in [-0.3, -0.25) is 4.79 Å². The van der Waals surface area contributed by atoms with E-state index in [2.05, 4.69) is 0 Å². The summed E-state index contributed by atoms with van der Waals surface area (Å²) in [6, 6.07) is 3.61. The van der Waals surface area contributed by atoms with E-state index in [-0.39, 0.29) is 29.6 Å². The first-order valence-corrected chi connectivity index (χ1v) is 6.19. The first-order valence-electron chi connectivity index (χ1n) is 5.81. The zero-order chi connectivity index (χ0) is 14.2. The number of ether oxygens (including phenoxy) is 1. The quantitative estimate of drug-likeness (QED) is 0.860. The van der Waals surface area contributed by atoms with Crippen molar-refractivity contribution in [1.82, 2.24) is 0 Å². The van der Waals surface area contributed by atoms with E-state index in [0.717, 1.165) is 11.1 Å². The first kappa shape index (κ1) is 13.8. The van der Waals surface area contributed by atoms with Crippen LogP contribution in [0.2, 0.25) is 0 Å². The maximum Gasteiger partial charge on any atom is 0.340 e. The smallest absolute Gasteiger partial charge is 0.340 e. The average molecular weight is 281 g/mol. The van der Waals surface area contributed by atoms with Crippen LogP contribution in [0, 0.1) is 13.8 Å². The Balaban J connectivity index is 2.52. The second kappa shape index (κ2) is 5.15. The average Bonchev–Trinajstić information content (AvgIpc) is 2.59. The van der Waals surface area contributed by atoms with Gasteiger partial charge in [0.15, 0.2) is 0 Å². The van der Waals surface area contributed by atoms with E-state index in [1.165, 1.54) is 0 Å². The SMILES string of the molecule is Cc1cc(C)c2c(c1)C(C(=O)OCCO)=C(Cl)C2=O. The molecule has 100 valence electrons. The summed E-state index contributed by atoms with van der Waals surface area (Å²) in [7, 11) is 0. The van der Waals surface area contributed by atoms with Crippen LogP contribution in [0.15, 0.2) is 17.2 Å². The number of Topliss-reactive ketones (excluding diaryl/α,β-unsaturated/α-hetero) is 1. The second-order valence-corrected chi connectivity index (χ2v) is 4.76. The third-order valence-corrected chi connectivity index (χ3v) is 3.28. The van der Waals surface area contributed by atoms with Gasteiger partial charge in [0, 0.05) is 11.1 Å². The van der Waals surface area contributed by atoms with E-state index in [1.54, 1.807) is 13.0 Å². The Morgan fingerprint density at radius 1 is 1.37 bits per heavy atom. The number of esters is 1. The molecule has 19 heavy (non-hydrogen) atoms. The molecule has 0 heterocycles. The fraction of sp³-hybridized carbons (Fsp3) is 0.286. The summed E-state index contributed by atoms with van der Waals surface area (Å²) >= 11 is 5.96. The van der Waals surface area contributed by atoms with Crippen molar-refractivity contribution in [3.05, 3.63) is 39.4 Å². The van der Waals surface area contributed by atoms with Gasteiger partial charge in [0.1, 0.15) is 11.6 Å². The van der Waals surface area contributed by atoms with Gasteiger partial charge in [0.25, 0.3) is 0 Å². The normalized spacial score (nSPS) is 13.8. The molecule has 2 rings (SSSR count). The lowest BCUT2D eigenvalue weighted by Gasteiger charge is -2.08. The van der Waals surface area contributed by atoms with Gasteiger partial charge in [-0.1, -0.05) is 29.3 Å². The number of aliphatic hydroxyl groups excluding tert-OH is 1. The second-order valence-electron chi connectivity index (χ2n) is 4.38. The minimum atomic E-state index is -0.684. The Kier molecular flexibility index (Phi) is 3.73. The number of carbonyl (C=O) groups excluding carboxylic acids is 2. The van der Waals surface area contributed by atoms with E-state index in [1.807, 2.05) is 13.0 Å². The molecule has 0 saturated heterocycles. The molecule has 0 amide bonds. The third kappa shape index (κ3) is 2.29. The number of aliphatic hydroxyl groups is 1. The molecule has 0 spiro atoms. The molecule has 1 aliphatic carbocycles. The van der Waals surface area contributed by atoms with Crippen molar-refractivity contribution in [2.24, 2.45) is 0 Å². The lowest BCUT2D eigenvalue weighted by atomic mass is 9.98. The molecule has 0 aliphatic heterocycles. The number of hydrogen-bond acceptors (Lipinski definition) is 4. The fourth-order valence-electron chi connectivity index (χ4n) is 2.22. The van der Waals surface area contributed by atoms with Crippen LogP contribution in [0.3, 0.4) is 0 Å². The molecule has 0 fully saturated rings. The highest BCUT2D eigenvalue weighted by Gasteiger charge is 2.34. The van der Waals surface area contributed by atoms with Gasteiger partial charge in [-0.15, -0.1) is 0 Å². The van der Waals surface area contributed by atoms with Crippen LogP contribution >= 0.6 is 11.6 Å². The molecule has 1 aromatic rings. The minimum absolute atomic E-state index is 0.0851. The Morgan fingerprint density at radius 2 is 2.05 bits per heavy atom. The molecule has 4 nitrogen and oxygen atoms in total. The van der Waals surface area contributed by atoms with E-state index in [0.29, 0.717) is 11.1 Å². The van der Waals surface area contributed by atoms with E-state index < -0.39 is 5.97 Å². The van der Waals surface area contributed by atoms with Crippen LogP contribution in [-0.4, -0.2) is 30.1 Å². The van der Waals surface area contributed by atoms with Crippen molar-refractivity contribution in [1.29, 1.82) is 0 Å². The minimum Gasteiger partial charge on any atom is -0.460 e. The van der Waals surface area contributed by atoms with Crippen molar-refractivity contribution in [2.45, 2.75) is 13.8 Å². The molecule has 1 aromatic carbocycles. The number of hydrogen-bond donors (Lipinski definition) is 1. The molecule has 0 saturated carbocycles. The van der Waals surface area contributed by atoms with Gasteiger partial charge >= 0.3 is 5.97 Å². The highest BCUT2D eigenvalue weighted by molar-refractivity contribution is 6.55. The van der Waals surface area contributed by atoms with Gasteiger partial charge in [-0.05, 0) is 19.4 Å². The molecule has 0 unspecified atom stereocenters. The summed E-state index contributed by atoms with van der Waals surface area (Å²) in [5.41, 5.74) is 2.76. The zero-order valence-electron chi connectivity index (χ0n) is 10.6. The zero-order valence-corrected chi connectivity index (χ0v) is 11.4. The van der Waals surface area contributed by atoms with E-state index >= 15 is 0 Å². The standard InChI is InChI=1S/C14H13ClO4/c1-7-5-8(2)10-9(6-7)11(12(15)13(10)17)14(18)19-4-3-16/h5-6,16H,3-4H2,1-2H3. The number of allylic oxidation sites excluding steroid dienone is 1. The Hall–Kier alpha value is -1.65. The maximum atomic E-state index is 12.1. The number of carbonyl (C=O) groups is 2. The van der Waals surface area contributed by atoms with Crippen LogP contribution in [0.4, 0.5) is 0 Å². The topological polar surface area (TPSA) is 63.6 Å². The molecule has 0 aromatic heterocycles. The van der Waals surface area contributed by atoms with Crippen molar-refractivity contribution in [3.8, 4) is 0 Å². The summed E-state index contributed by atoms with van der Waals surface area (Å²) in [5, 5.41) is 8.55. The first-order chi connectivity index (χ1) is 8.97. The summed E-state index contributed by atoms with van der Waals surface area (Å²) in [5.74, 6) is -1.04. The van der Waals surface area contributed by atoms with Crippen LogP contribution < -0.4 is 0 Å². The predicted molar refractivity (Wildman–Crippen MR) is 71.1 cm³/mol. The highest BCUT2D eigenvalue weighted by atomic mass is 35.5. The van der Waals surface area contributed by atoms with Crippen molar-refractivity contribution in [2.75, 3.05) is 13.2 Å². The number of halogens is 1. The molecular weight excluding hydrogens is 268 g/mol. The van der Waals surface area contributed by atoms with Crippen molar-refractivity contribution >= 4 is 28.9 Å². The van der Waals surface area contributed by atoms with Gasteiger partial charge in [-0.2, -0.15) is 0 Å². The van der Waals surface area contributed by atoms with E-state index in [9.17, 15) is 9.59 Å². The Morgan fingerprint density at radius 3 is 2.68 bits per heavy atom. The predicted octanol–water partition coefficient (Wildman–Crippen LogP) is 1.99. The van der Waals surface area contributed by atoms with Gasteiger partial charge in [0.05, 0.1) is 12.2 Å². The van der Waals surface area contributed by atoms with Crippen molar-refractivity contribution < 1.29 is 19.4 Å². The third-order valence-electron chi connectivity index (χ3n) is 2.92. The van der Waals surface area contributed by atoms with Crippen LogP contribution in [0.5, 0.6) is 0 Å². The molecule has 0 atom stereocenters. The summed E-state index contributed by atoms with van der Waals surface area (Å²) in [6.45, 7) is 3.28. The van der Waals surface area contributed by atoms with Gasteiger partial charge < -0.3 is 9.84 Å². The van der Waals surface area contributed by atoms with Crippen molar-refractivity contribution in [3.63, 3.8) is 0 Å². The lowest BCUT2D eigenvalue weighted by molar-refractivity contribution is -0.137. The molecule has 1 aliphatic rings. The number of ketones is 1.